The van der Waals surface area contributed by atoms with E-state index in [1.54, 1.807) is 0 Å². The van der Waals surface area contributed by atoms with Gasteiger partial charge in [-0.1, -0.05) is 0 Å². The first-order valence-corrected chi connectivity index (χ1v) is 4.23. The Bertz CT molecular complexity index is 98.6. The second-order valence-electron chi connectivity index (χ2n) is 3.04. The third-order valence-corrected chi connectivity index (χ3v) is 1.99. The monoisotopic (exact) mass is 158 g/mol. The summed E-state index contributed by atoms with van der Waals surface area (Å²) in [7, 11) is 0. The van der Waals surface area contributed by atoms with Gasteiger partial charge in [0.2, 0.25) is 0 Å². The van der Waals surface area contributed by atoms with Crippen LogP contribution in [0.2, 0.25) is 0 Å². The Kier molecular flexibility index (Phi) is 3.79. The van der Waals surface area contributed by atoms with Crippen LogP contribution in [-0.2, 0) is 0 Å². The van der Waals surface area contributed by atoms with E-state index in [2.05, 4.69) is 10.2 Å². The van der Waals surface area contributed by atoms with Gasteiger partial charge in [0.15, 0.2) is 0 Å². The van der Waals surface area contributed by atoms with E-state index in [0.29, 0.717) is 0 Å². The zero-order valence-corrected chi connectivity index (χ0v) is 6.92. The Hall–Kier alpha value is -0.160. The van der Waals surface area contributed by atoms with Crippen molar-refractivity contribution in [3.63, 3.8) is 0 Å². The Balaban J connectivity index is 2.05. The van der Waals surface area contributed by atoms with Crippen LogP contribution in [0.4, 0.5) is 0 Å². The second kappa shape index (κ2) is 4.66. The van der Waals surface area contributed by atoms with Gasteiger partial charge in [0, 0.05) is 32.7 Å². The number of nitrogens with two attached hydrogens (primary N) is 2. The summed E-state index contributed by atoms with van der Waals surface area (Å²) in [4.78, 5) is 2.39. The topological polar surface area (TPSA) is 67.3 Å². The minimum Gasteiger partial charge on any atom is -0.316 e. The normalized spacial score (nSPS) is 21.0. The average molecular weight is 158 g/mol. The van der Waals surface area contributed by atoms with Crippen LogP contribution in [0.5, 0.6) is 0 Å². The highest BCUT2D eigenvalue weighted by atomic mass is 15.2. The maximum atomic E-state index is 5.45. The highest BCUT2D eigenvalue weighted by Crippen LogP contribution is 1.93. The van der Waals surface area contributed by atoms with Crippen molar-refractivity contribution in [3.05, 3.63) is 0 Å². The molecule has 0 saturated carbocycles. The van der Waals surface area contributed by atoms with Crippen molar-refractivity contribution < 1.29 is 0 Å². The van der Waals surface area contributed by atoms with Crippen molar-refractivity contribution in [2.75, 3.05) is 32.7 Å². The fourth-order valence-electron chi connectivity index (χ4n) is 1.27. The van der Waals surface area contributed by atoms with Crippen LogP contribution < -0.4 is 16.8 Å². The van der Waals surface area contributed by atoms with Crippen molar-refractivity contribution in [1.29, 1.82) is 0 Å². The first-order chi connectivity index (χ1) is 5.29. The maximum Gasteiger partial charge on any atom is 0.0533 e. The first kappa shape index (κ1) is 8.93. The number of hydrogen-bond donors (Lipinski definition) is 3. The summed E-state index contributed by atoms with van der Waals surface area (Å²) in [6.07, 6.45) is 0.755. The predicted molar refractivity (Wildman–Crippen MR) is 46.1 cm³/mol. The molecule has 4 nitrogen and oxygen atoms in total. The van der Waals surface area contributed by atoms with Gasteiger partial charge in [0.05, 0.1) is 6.17 Å². The molecule has 1 aliphatic heterocycles. The van der Waals surface area contributed by atoms with Gasteiger partial charge >= 0.3 is 0 Å². The summed E-state index contributed by atoms with van der Waals surface area (Å²) in [6.45, 7) is 5.50. The molecule has 0 atom stereocenters. The Morgan fingerprint density at radius 3 is 2.45 bits per heavy atom. The quantitative estimate of drug-likeness (QED) is 0.438. The highest BCUT2D eigenvalue weighted by molar-refractivity contribution is 4.68. The van der Waals surface area contributed by atoms with Gasteiger partial charge in [-0.05, 0) is 6.42 Å². The standard InChI is InChI=1S/C7H18N4/c8-7(9)1-4-11-5-2-10-3-6-11/h7,10H,1-6,8-9H2. The molecular formula is C7H18N4. The maximum absolute atomic E-state index is 5.45. The van der Waals surface area contributed by atoms with Crippen LogP contribution in [0.3, 0.4) is 0 Å². The summed E-state index contributed by atoms with van der Waals surface area (Å²) in [5, 5.41) is 3.30. The third-order valence-electron chi connectivity index (χ3n) is 1.99. The van der Waals surface area contributed by atoms with Gasteiger partial charge < -0.3 is 21.7 Å². The summed E-state index contributed by atoms with van der Waals surface area (Å²) in [6, 6.07) is 0. The average Bonchev–Trinajstić information content (AvgIpc) is 2.03. The zero-order chi connectivity index (χ0) is 8.10. The van der Waals surface area contributed by atoms with Gasteiger partial charge in [-0.25, -0.2) is 0 Å². The minimum atomic E-state index is -0.148. The van der Waals surface area contributed by atoms with Crippen LogP contribution in [0, 0.1) is 0 Å². The number of nitrogens with zero attached hydrogens (tertiary/aromatic N) is 1. The third kappa shape index (κ3) is 3.67. The lowest BCUT2D eigenvalue weighted by molar-refractivity contribution is 0.233. The number of rotatable bonds is 3. The van der Waals surface area contributed by atoms with Gasteiger partial charge in [-0.3, -0.25) is 0 Å². The van der Waals surface area contributed by atoms with Crippen LogP contribution in [0.1, 0.15) is 6.42 Å². The molecule has 5 N–H and O–H groups in total. The van der Waals surface area contributed by atoms with Crippen LogP contribution in [0.25, 0.3) is 0 Å². The molecule has 0 spiro atoms. The summed E-state index contributed by atoms with van der Waals surface area (Å²) in [5.41, 5.74) is 10.9. The smallest absolute Gasteiger partial charge is 0.0533 e. The van der Waals surface area contributed by atoms with Crippen molar-refractivity contribution >= 4 is 0 Å². The van der Waals surface area contributed by atoms with E-state index in [1.165, 1.54) is 0 Å². The summed E-state index contributed by atoms with van der Waals surface area (Å²) in [5.74, 6) is 0. The number of hydrogen-bond acceptors (Lipinski definition) is 4. The van der Waals surface area contributed by atoms with E-state index in [9.17, 15) is 0 Å². The van der Waals surface area contributed by atoms with E-state index in [0.717, 1.165) is 39.1 Å². The second-order valence-corrected chi connectivity index (χ2v) is 3.04. The molecular weight excluding hydrogens is 140 g/mol. The highest BCUT2D eigenvalue weighted by Gasteiger charge is 2.08. The molecule has 1 saturated heterocycles. The lowest BCUT2D eigenvalue weighted by atomic mass is 10.3. The molecule has 0 aromatic carbocycles. The van der Waals surface area contributed by atoms with Crippen molar-refractivity contribution in [2.45, 2.75) is 12.6 Å². The molecule has 1 fully saturated rings. The molecule has 0 aromatic heterocycles. The van der Waals surface area contributed by atoms with E-state index < -0.39 is 0 Å². The predicted octanol–water partition coefficient (Wildman–Crippen LogP) is -1.47. The lowest BCUT2D eigenvalue weighted by Gasteiger charge is -2.27. The number of piperazine rings is 1. The molecule has 0 radical (unpaired) electrons. The molecule has 0 aliphatic carbocycles. The fourth-order valence-corrected chi connectivity index (χ4v) is 1.27. The van der Waals surface area contributed by atoms with E-state index in [4.69, 9.17) is 11.5 Å². The van der Waals surface area contributed by atoms with Crippen LogP contribution >= 0.6 is 0 Å². The summed E-state index contributed by atoms with van der Waals surface area (Å²) >= 11 is 0. The molecule has 0 amide bonds. The van der Waals surface area contributed by atoms with Gasteiger partial charge in [0.1, 0.15) is 0 Å². The molecule has 0 unspecified atom stereocenters. The number of nitrogens with one attached hydrogen (secondary N) is 1. The molecule has 1 rings (SSSR count). The zero-order valence-electron chi connectivity index (χ0n) is 6.92. The van der Waals surface area contributed by atoms with Crippen LogP contribution in [0.15, 0.2) is 0 Å². The molecule has 1 aliphatic rings. The molecule has 0 bridgehead atoms. The van der Waals surface area contributed by atoms with Gasteiger partial charge in [-0.2, -0.15) is 0 Å². The molecule has 11 heavy (non-hydrogen) atoms. The van der Waals surface area contributed by atoms with Crippen molar-refractivity contribution in [3.8, 4) is 0 Å². The molecule has 66 valence electrons. The largest absolute Gasteiger partial charge is 0.316 e. The fraction of sp³-hybridized carbons (Fsp3) is 1.00. The lowest BCUT2D eigenvalue weighted by Crippen LogP contribution is -2.45. The van der Waals surface area contributed by atoms with Crippen molar-refractivity contribution in [1.82, 2.24) is 10.2 Å². The molecule has 1 heterocycles. The van der Waals surface area contributed by atoms with E-state index in [-0.39, 0.29) is 6.17 Å². The molecule has 0 aromatic rings. The van der Waals surface area contributed by atoms with Gasteiger partial charge in [0.25, 0.3) is 0 Å². The Labute approximate surface area is 67.9 Å². The Morgan fingerprint density at radius 1 is 1.27 bits per heavy atom. The van der Waals surface area contributed by atoms with Gasteiger partial charge in [-0.15, -0.1) is 0 Å². The van der Waals surface area contributed by atoms with E-state index >= 15 is 0 Å². The van der Waals surface area contributed by atoms with E-state index in [1.807, 2.05) is 0 Å². The van der Waals surface area contributed by atoms with Crippen molar-refractivity contribution in [2.24, 2.45) is 11.5 Å². The van der Waals surface area contributed by atoms with Crippen LogP contribution in [-0.4, -0.2) is 43.8 Å². The SMILES string of the molecule is NC(N)CCN1CCNCC1. The minimum absolute atomic E-state index is 0.148. The Morgan fingerprint density at radius 2 is 1.91 bits per heavy atom. The first-order valence-electron chi connectivity index (χ1n) is 4.23. The summed E-state index contributed by atoms with van der Waals surface area (Å²) < 4.78 is 0. The molecule has 4 heteroatoms.